The lowest BCUT2D eigenvalue weighted by Gasteiger charge is -2.41. The van der Waals surface area contributed by atoms with Crippen molar-refractivity contribution in [1.82, 2.24) is 0 Å². The van der Waals surface area contributed by atoms with Crippen LogP contribution in [0.1, 0.15) is 10.4 Å². The van der Waals surface area contributed by atoms with Crippen LogP contribution in [0.15, 0.2) is 65.6 Å². The van der Waals surface area contributed by atoms with Gasteiger partial charge in [0.15, 0.2) is 6.10 Å². The van der Waals surface area contributed by atoms with Crippen LogP contribution in [0, 0.1) is 0 Å². The molecule has 138 valence electrons. The van der Waals surface area contributed by atoms with E-state index in [9.17, 15) is 20.1 Å². The minimum Gasteiger partial charge on any atom is -0.453 e. The van der Waals surface area contributed by atoms with Gasteiger partial charge in [-0.05, 0) is 24.3 Å². The molecule has 0 saturated carbocycles. The lowest BCUT2D eigenvalue weighted by atomic mass is 10.00. The number of hydrogen-bond acceptors (Lipinski definition) is 7. The van der Waals surface area contributed by atoms with Gasteiger partial charge < -0.3 is 24.8 Å². The largest absolute Gasteiger partial charge is 0.453 e. The zero-order chi connectivity index (χ0) is 18.5. The maximum absolute atomic E-state index is 12.3. The van der Waals surface area contributed by atoms with Crippen molar-refractivity contribution in [2.75, 3.05) is 6.61 Å². The summed E-state index contributed by atoms with van der Waals surface area (Å²) in [6.07, 6.45) is -4.77. The first-order valence-corrected chi connectivity index (χ1v) is 9.08. The molecule has 26 heavy (non-hydrogen) atoms. The van der Waals surface area contributed by atoms with E-state index in [1.54, 1.807) is 30.3 Å². The van der Waals surface area contributed by atoms with Crippen molar-refractivity contribution < 1.29 is 29.6 Å². The van der Waals surface area contributed by atoms with Gasteiger partial charge in [-0.2, -0.15) is 0 Å². The van der Waals surface area contributed by atoms with Crippen LogP contribution >= 0.6 is 11.8 Å². The lowest BCUT2D eigenvalue weighted by Crippen LogP contribution is -2.59. The molecular formula is C19H20O6S. The molecule has 0 spiro atoms. The summed E-state index contributed by atoms with van der Waals surface area (Å²) in [5.74, 6) is -0.657. The Balaban J connectivity index is 1.76. The van der Waals surface area contributed by atoms with E-state index in [2.05, 4.69) is 0 Å². The maximum atomic E-state index is 12.3. The molecule has 1 fully saturated rings. The first-order valence-electron chi connectivity index (χ1n) is 8.20. The van der Waals surface area contributed by atoms with Gasteiger partial charge in [0.05, 0.1) is 12.2 Å². The molecule has 0 aliphatic carbocycles. The third-order valence-electron chi connectivity index (χ3n) is 4.07. The van der Waals surface area contributed by atoms with Gasteiger partial charge in [-0.25, -0.2) is 4.79 Å². The van der Waals surface area contributed by atoms with Gasteiger partial charge in [0, 0.05) is 4.90 Å². The number of esters is 1. The molecular weight excluding hydrogens is 356 g/mol. The summed E-state index contributed by atoms with van der Waals surface area (Å²) < 4.78 is 11.0. The van der Waals surface area contributed by atoms with Crippen molar-refractivity contribution in [2.45, 2.75) is 34.7 Å². The highest BCUT2D eigenvalue weighted by atomic mass is 32.2. The van der Waals surface area contributed by atoms with Gasteiger partial charge in [0.25, 0.3) is 0 Å². The van der Waals surface area contributed by atoms with Crippen LogP contribution in [0.2, 0.25) is 0 Å². The van der Waals surface area contributed by atoms with E-state index < -0.39 is 42.4 Å². The molecule has 0 bridgehead atoms. The number of aliphatic hydroxyl groups excluding tert-OH is 3. The summed E-state index contributed by atoms with van der Waals surface area (Å²) in [5, 5.41) is 30.4. The lowest BCUT2D eigenvalue weighted by molar-refractivity contribution is -0.206. The van der Waals surface area contributed by atoms with Gasteiger partial charge in [-0.1, -0.05) is 48.2 Å². The third kappa shape index (κ3) is 4.25. The van der Waals surface area contributed by atoms with Crippen LogP contribution < -0.4 is 0 Å². The monoisotopic (exact) mass is 376 g/mol. The second kappa shape index (κ2) is 8.66. The highest BCUT2D eigenvalue weighted by Gasteiger charge is 2.47. The van der Waals surface area contributed by atoms with Crippen LogP contribution in [-0.2, 0) is 9.47 Å². The smallest absolute Gasteiger partial charge is 0.338 e. The molecule has 7 heteroatoms. The topological polar surface area (TPSA) is 96.2 Å². The van der Waals surface area contributed by atoms with Crippen molar-refractivity contribution in [3.05, 3.63) is 66.2 Å². The summed E-state index contributed by atoms with van der Waals surface area (Å²) in [6.45, 7) is -0.459. The number of hydrogen-bond donors (Lipinski definition) is 3. The molecule has 1 aliphatic rings. The zero-order valence-corrected chi connectivity index (χ0v) is 14.7. The first kappa shape index (κ1) is 18.9. The number of ether oxygens (including phenoxy) is 2. The molecule has 0 amide bonds. The van der Waals surface area contributed by atoms with E-state index >= 15 is 0 Å². The molecule has 0 unspecified atom stereocenters. The van der Waals surface area contributed by atoms with Crippen LogP contribution in [-0.4, -0.2) is 57.7 Å². The number of aliphatic hydroxyl groups is 3. The third-order valence-corrected chi connectivity index (χ3v) is 5.24. The highest BCUT2D eigenvalue weighted by Crippen LogP contribution is 2.34. The van der Waals surface area contributed by atoms with Gasteiger partial charge in [0.1, 0.15) is 23.7 Å². The normalized spacial score (nSPS) is 28.5. The van der Waals surface area contributed by atoms with Crippen molar-refractivity contribution in [3.63, 3.8) is 0 Å². The summed E-state index contributed by atoms with van der Waals surface area (Å²) in [6, 6.07) is 17.6. The van der Waals surface area contributed by atoms with Crippen molar-refractivity contribution >= 4 is 17.7 Å². The van der Waals surface area contributed by atoms with Crippen molar-refractivity contribution in [3.8, 4) is 0 Å². The molecule has 2 aromatic carbocycles. The van der Waals surface area contributed by atoms with Gasteiger partial charge in [-0.15, -0.1) is 0 Å². The Morgan fingerprint density at radius 2 is 1.62 bits per heavy atom. The number of carbonyl (C=O) groups is 1. The Morgan fingerprint density at radius 1 is 1.00 bits per heavy atom. The summed E-state index contributed by atoms with van der Waals surface area (Å²) >= 11 is 1.23. The predicted octanol–water partition coefficient (Wildman–Crippen LogP) is 1.44. The van der Waals surface area contributed by atoms with E-state index in [4.69, 9.17) is 9.47 Å². The summed E-state index contributed by atoms with van der Waals surface area (Å²) in [5.41, 5.74) is -0.488. The highest BCUT2D eigenvalue weighted by molar-refractivity contribution is 7.99. The SMILES string of the molecule is O=C(O[C@H]1[C@H](O)[C@@H](CO)O[C@@H](Sc2ccccc2)[C@H]1O)c1ccccc1. The van der Waals surface area contributed by atoms with Crippen LogP contribution in [0.5, 0.6) is 0 Å². The first-order chi connectivity index (χ1) is 12.6. The Kier molecular flexibility index (Phi) is 6.29. The average Bonchev–Trinajstić information content (AvgIpc) is 2.68. The molecule has 6 nitrogen and oxygen atoms in total. The van der Waals surface area contributed by atoms with E-state index in [0.29, 0.717) is 5.56 Å². The Hall–Kier alpha value is -1.90. The fourth-order valence-electron chi connectivity index (χ4n) is 2.69. The van der Waals surface area contributed by atoms with E-state index in [0.717, 1.165) is 4.90 Å². The van der Waals surface area contributed by atoms with Gasteiger partial charge >= 0.3 is 5.97 Å². The van der Waals surface area contributed by atoms with Crippen molar-refractivity contribution in [2.24, 2.45) is 0 Å². The van der Waals surface area contributed by atoms with E-state index in [1.165, 1.54) is 11.8 Å². The molecule has 1 aliphatic heterocycles. The number of benzene rings is 2. The molecule has 0 radical (unpaired) electrons. The molecule has 5 atom stereocenters. The zero-order valence-electron chi connectivity index (χ0n) is 13.8. The molecule has 1 saturated heterocycles. The summed E-state index contributed by atoms with van der Waals surface area (Å²) in [7, 11) is 0. The second-order valence-corrected chi connectivity index (χ2v) is 7.05. The average molecular weight is 376 g/mol. The van der Waals surface area contributed by atoms with Crippen LogP contribution in [0.25, 0.3) is 0 Å². The Bertz CT molecular complexity index is 710. The fourth-order valence-corrected chi connectivity index (χ4v) is 3.76. The van der Waals surface area contributed by atoms with Crippen molar-refractivity contribution in [1.29, 1.82) is 0 Å². The van der Waals surface area contributed by atoms with Gasteiger partial charge in [0.2, 0.25) is 0 Å². The Labute approximate surface area is 155 Å². The van der Waals surface area contributed by atoms with E-state index in [1.807, 2.05) is 30.3 Å². The molecule has 3 rings (SSSR count). The number of carbonyl (C=O) groups excluding carboxylic acids is 1. The molecule has 1 heterocycles. The number of thioether (sulfide) groups is 1. The number of rotatable bonds is 5. The minimum absolute atomic E-state index is 0.311. The quantitative estimate of drug-likeness (QED) is 0.680. The molecule has 2 aromatic rings. The summed E-state index contributed by atoms with van der Waals surface area (Å²) in [4.78, 5) is 13.2. The molecule has 3 N–H and O–H groups in total. The van der Waals surface area contributed by atoms with Crippen LogP contribution in [0.4, 0.5) is 0 Å². The maximum Gasteiger partial charge on any atom is 0.338 e. The Morgan fingerprint density at radius 3 is 2.23 bits per heavy atom. The van der Waals surface area contributed by atoms with E-state index in [-0.39, 0.29) is 0 Å². The second-order valence-electron chi connectivity index (χ2n) is 5.87. The minimum atomic E-state index is -1.34. The molecule has 0 aromatic heterocycles. The predicted molar refractivity (Wildman–Crippen MR) is 95.7 cm³/mol. The van der Waals surface area contributed by atoms with Gasteiger partial charge in [-0.3, -0.25) is 0 Å². The van der Waals surface area contributed by atoms with Crippen LogP contribution in [0.3, 0.4) is 0 Å². The standard InChI is InChI=1S/C19H20O6S/c20-11-14-15(21)17(25-18(23)12-7-3-1-4-8-12)16(22)19(24-14)26-13-9-5-2-6-10-13/h1-10,14-17,19-22H,11H2/t14-,15-,16+,17+,19+/m1/s1. The fraction of sp³-hybridized carbons (Fsp3) is 0.316.